The predicted octanol–water partition coefficient (Wildman–Crippen LogP) is 1.48. The Bertz CT molecular complexity index is 658. The fourth-order valence-corrected chi connectivity index (χ4v) is 2.05. The van der Waals surface area contributed by atoms with Crippen molar-refractivity contribution in [3.8, 4) is 5.95 Å². The summed E-state index contributed by atoms with van der Waals surface area (Å²) in [5.74, 6) is 0.750. The highest BCUT2D eigenvalue weighted by Crippen LogP contribution is 2.24. The maximum absolute atomic E-state index is 11.9. The van der Waals surface area contributed by atoms with Gasteiger partial charge in [-0.1, -0.05) is 6.92 Å². The number of anilines is 1. The minimum atomic E-state index is -0.149. The molecule has 0 saturated heterocycles. The number of nitrogen functional groups attached to an aromatic ring is 1. The molecule has 0 spiro atoms. The molecular weight excluding hydrogens is 298 g/mol. The molecule has 0 amide bonds. The van der Waals surface area contributed by atoms with Crippen molar-refractivity contribution in [1.29, 1.82) is 0 Å². The summed E-state index contributed by atoms with van der Waals surface area (Å²) in [6.45, 7) is 5.55. The predicted molar refractivity (Wildman–Crippen MR) is 72.9 cm³/mol. The summed E-state index contributed by atoms with van der Waals surface area (Å²) >= 11 is 3.33. The molecule has 18 heavy (non-hydrogen) atoms. The minimum Gasteiger partial charge on any atom is -0.383 e. The Morgan fingerprint density at radius 1 is 1.39 bits per heavy atom. The summed E-state index contributed by atoms with van der Waals surface area (Å²) in [7, 11) is 0. The number of aromatic nitrogens is 4. The van der Waals surface area contributed by atoms with Crippen LogP contribution in [0, 0.1) is 13.8 Å². The van der Waals surface area contributed by atoms with Crippen LogP contribution in [0.25, 0.3) is 5.95 Å². The molecule has 2 aromatic rings. The molecule has 2 rings (SSSR count). The molecule has 7 heteroatoms. The van der Waals surface area contributed by atoms with Crippen LogP contribution >= 0.6 is 15.9 Å². The van der Waals surface area contributed by atoms with Crippen LogP contribution in [0.5, 0.6) is 0 Å². The van der Waals surface area contributed by atoms with Gasteiger partial charge in [0.05, 0.1) is 10.2 Å². The van der Waals surface area contributed by atoms with Crippen molar-refractivity contribution < 1.29 is 0 Å². The Kier molecular flexibility index (Phi) is 3.25. The van der Waals surface area contributed by atoms with Crippen LogP contribution in [0.2, 0.25) is 0 Å². The molecule has 3 N–H and O–H groups in total. The van der Waals surface area contributed by atoms with Crippen LogP contribution in [-0.4, -0.2) is 19.7 Å². The fourth-order valence-electron chi connectivity index (χ4n) is 1.80. The van der Waals surface area contributed by atoms with Gasteiger partial charge in [-0.3, -0.25) is 9.78 Å². The first kappa shape index (κ1) is 12.8. The average molecular weight is 312 g/mol. The molecule has 0 atom stereocenters. The molecular formula is C11H14BrN5O. The van der Waals surface area contributed by atoms with Crippen LogP contribution in [0.3, 0.4) is 0 Å². The number of rotatable bonds is 2. The molecule has 0 saturated carbocycles. The molecule has 96 valence electrons. The molecule has 6 nitrogen and oxygen atoms in total. The second kappa shape index (κ2) is 4.56. The second-order valence-corrected chi connectivity index (χ2v) is 4.80. The number of aromatic amines is 1. The number of halogens is 1. The van der Waals surface area contributed by atoms with Gasteiger partial charge in [-0.15, -0.1) is 0 Å². The summed E-state index contributed by atoms with van der Waals surface area (Å²) < 4.78 is 2.13. The highest BCUT2D eigenvalue weighted by molar-refractivity contribution is 9.10. The highest BCUT2D eigenvalue weighted by atomic mass is 79.9. The van der Waals surface area contributed by atoms with Gasteiger partial charge in [0.15, 0.2) is 0 Å². The number of nitrogens with one attached hydrogen (secondary N) is 1. The maximum Gasteiger partial charge on any atom is 0.255 e. The van der Waals surface area contributed by atoms with Gasteiger partial charge in [0.1, 0.15) is 5.82 Å². The van der Waals surface area contributed by atoms with E-state index in [4.69, 9.17) is 5.73 Å². The Labute approximate surface area is 112 Å². The van der Waals surface area contributed by atoms with Gasteiger partial charge >= 0.3 is 0 Å². The van der Waals surface area contributed by atoms with E-state index in [-0.39, 0.29) is 5.56 Å². The van der Waals surface area contributed by atoms with E-state index in [9.17, 15) is 4.79 Å². The Morgan fingerprint density at radius 2 is 2.06 bits per heavy atom. The molecule has 0 aliphatic rings. The van der Waals surface area contributed by atoms with Gasteiger partial charge in [0.2, 0.25) is 5.95 Å². The maximum atomic E-state index is 11.9. The SMILES string of the molecule is CCc1c(C)nc(-n2nc(C)c(Br)c2N)[nH]c1=O. The van der Waals surface area contributed by atoms with Gasteiger partial charge in [-0.25, -0.2) is 4.98 Å². The van der Waals surface area contributed by atoms with Gasteiger partial charge in [-0.05, 0) is 36.2 Å². The van der Waals surface area contributed by atoms with Crippen LogP contribution in [0.15, 0.2) is 9.27 Å². The molecule has 0 bridgehead atoms. The third-order valence-corrected chi connectivity index (χ3v) is 3.76. The number of H-pyrrole nitrogens is 1. The molecule has 0 radical (unpaired) electrons. The molecule has 0 aromatic carbocycles. The summed E-state index contributed by atoms with van der Waals surface area (Å²) in [4.78, 5) is 18.9. The zero-order valence-corrected chi connectivity index (χ0v) is 12.0. The Hall–Kier alpha value is -1.63. The lowest BCUT2D eigenvalue weighted by atomic mass is 10.2. The summed E-state index contributed by atoms with van der Waals surface area (Å²) in [6, 6.07) is 0. The van der Waals surface area contributed by atoms with Crippen molar-refractivity contribution in [2.45, 2.75) is 27.2 Å². The Morgan fingerprint density at radius 3 is 2.50 bits per heavy atom. The number of aryl methyl sites for hydroxylation is 2. The quantitative estimate of drug-likeness (QED) is 0.879. The molecule has 0 fully saturated rings. The molecule has 0 unspecified atom stereocenters. The molecule has 2 heterocycles. The lowest BCUT2D eigenvalue weighted by molar-refractivity contribution is 0.782. The average Bonchev–Trinajstić information content (AvgIpc) is 2.56. The highest BCUT2D eigenvalue weighted by Gasteiger charge is 2.14. The van der Waals surface area contributed by atoms with E-state index in [1.165, 1.54) is 4.68 Å². The number of hydrogen-bond donors (Lipinski definition) is 2. The third-order valence-electron chi connectivity index (χ3n) is 2.78. The second-order valence-electron chi connectivity index (χ2n) is 4.00. The van der Waals surface area contributed by atoms with Crippen molar-refractivity contribution in [2.75, 3.05) is 5.73 Å². The Balaban J connectivity index is 2.65. The van der Waals surface area contributed by atoms with Gasteiger partial charge < -0.3 is 5.73 Å². The van der Waals surface area contributed by atoms with Crippen molar-refractivity contribution in [2.24, 2.45) is 0 Å². The van der Waals surface area contributed by atoms with E-state index < -0.39 is 0 Å². The zero-order valence-electron chi connectivity index (χ0n) is 10.4. The fraction of sp³-hybridized carbons (Fsp3) is 0.364. The van der Waals surface area contributed by atoms with E-state index in [1.54, 1.807) is 6.92 Å². The van der Waals surface area contributed by atoms with E-state index in [2.05, 4.69) is 31.0 Å². The van der Waals surface area contributed by atoms with E-state index in [0.717, 1.165) is 5.69 Å². The molecule has 2 aromatic heterocycles. The standard InChI is InChI=1S/C11H14BrN5O/c1-4-7-5(2)14-11(15-10(7)18)17-9(13)8(12)6(3)16-17/h4,13H2,1-3H3,(H,14,15,18). The molecule has 0 aliphatic carbocycles. The van der Waals surface area contributed by atoms with Crippen molar-refractivity contribution in [3.63, 3.8) is 0 Å². The summed E-state index contributed by atoms with van der Waals surface area (Å²) in [5.41, 5.74) is 7.87. The molecule has 0 aliphatic heterocycles. The first-order chi connectivity index (χ1) is 8.45. The zero-order chi connectivity index (χ0) is 13.4. The van der Waals surface area contributed by atoms with E-state index in [1.807, 2.05) is 13.8 Å². The third kappa shape index (κ3) is 1.94. The number of hydrogen-bond acceptors (Lipinski definition) is 4. The van der Waals surface area contributed by atoms with Crippen LogP contribution in [0.4, 0.5) is 5.82 Å². The summed E-state index contributed by atoms with van der Waals surface area (Å²) in [5, 5.41) is 4.23. The van der Waals surface area contributed by atoms with Crippen molar-refractivity contribution in [1.82, 2.24) is 19.7 Å². The van der Waals surface area contributed by atoms with E-state index in [0.29, 0.717) is 33.9 Å². The summed E-state index contributed by atoms with van der Waals surface area (Å²) in [6.07, 6.45) is 0.645. The number of nitrogens with two attached hydrogens (primary N) is 1. The van der Waals surface area contributed by atoms with Crippen molar-refractivity contribution in [3.05, 3.63) is 31.8 Å². The van der Waals surface area contributed by atoms with Crippen molar-refractivity contribution >= 4 is 21.7 Å². The van der Waals surface area contributed by atoms with E-state index >= 15 is 0 Å². The normalized spacial score (nSPS) is 10.9. The van der Waals surface area contributed by atoms with Gasteiger partial charge in [0.25, 0.3) is 5.56 Å². The first-order valence-electron chi connectivity index (χ1n) is 5.56. The lowest BCUT2D eigenvalue weighted by Crippen LogP contribution is -2.20. The topological polar surface area (TPSA) is 89.6 Å². The number of nitrogens with zero attached hydrogens (tertiary/aromatic N) is 3. The minimum absolute atomic E-state index is 0.149. The van der Waals surface area contributed by atoms with Crippen LogP contribution in [-0.2, 0) is 6.42 Å². The largest absolute Gasteiger partial charge is 0.383 e. The van der Waals surface area contributed by atoms with Gasteiger partial charge in [-0.2, -0.15) is 9.78 Å². The lowest BCUT2D eigenvalue weighted by Gasteiger charge is -2.06. The van der Waals surface area contributed by atoms with Crippen LogP contribution < -0.4 is 11.3 Å². The monoisotopic (exact) mass is 311 g/mol. The van der Waals surface area contributed by atoms with Crippen LogP contribution in [0.1, 0.15) is 23.9 Å². The smallest absolute Gasteiger partial charge is 0.255 e. The van der Waals surface area contributed by atoms with Gasteiger partial charge in [0, 0.05) is 11.3 Å². The first-order valence-corrected chi connectivity index (χ1v) is 6.35.